The van der Waals surface area contributed by atoms with Crippen LogP contribution in [-0.2, 0) is 4.79 Å². The Balaban J connectivity index is 1.83. The molecule has 0 fully saturated rings. The fourth-order valence-electron chi connectivity index (χ4n) is 3.18. The molecule has 0 saturated carbocycles. The molecule has 1 amide bonds. The number of nitrogens with one attached hydrogen (secondary N) is 1. The van der Waals surface area contributed by atoms with Crippen molar-refractivity contribution in [3.8, 4) is 5.69 Å². The summed E-state index contributed by atoms with van der Waals surface area (Å²) in [6.07, 6.45) is 0.0387. The van der Waals surface area contributed by atoms with Gasteiger partial charge in [0.15, 0.2) is 5.78 Å². The summed E-state index contributed by atoms with van der Waals surface area (Å²) >= 11 is 7.12. The monoisotopic (exact) mass is 389 g/mol. The lowest BCUT2D eigenvalue weighted by Crippen LogP contribution is -2.28. The Bertz CT molecular complexity index is 1040. The van der Waals surface area contributed by atoms with Crippen LogP contribution in [0.3, 0.4) is 0 Å². The maximum atomic E-state index is 13.6. The zero-order valence-corrected chi connectivity index (χ0v) is 15.2. The van der Waals surface area contributed by atoms with Gasteiger partial charge in [-0.3, -0.25) is 9.59 Å². The number of aryl methyl sites for hydroxylation is 1. The molecule has 1 aliphatic rings. The molecule has 0 spiro atoms. The number of amides is 1. The van der Waals surface area contributed by atoms with Gasteiger partial charge in [0.05, 0.1) is 26.5 Å². The Kier molecular flexibility index (Phi) is 4.13. The van der Waals surface area contributed by atoms with Crippen molar-refractivity contribution >= 4 is 40.4 Å². The summed E-state index contributed by atoms with van der Waals surface area (Å²) in [6, 6.07) is 9.22. The van der Waals surface area contributed by atoms with Crippen LogP contribution in [0.15, 0.2) is 36.4 Å². The summed E-state index contributed by atoms with van der Waals surface area (Å²) < 4.78 is 15.6. The third kappa shape index (κ3) is 2.83. The molecule has 132 valence electrons. The Morgan fingerprint density at radius 3 is 2.88 bits per heavy atom. The molecular weight excluding hydrogens is 377 g/mol. The molecule has 0 bridgehead atoms. The van der Waals surface area contributed by atoms with Crippen LogP contribution in [0, 0.1) is 12.7 Å². The second kappa shape index (κ2) is 6.34. The van der Waals surface area contributed by atoms with Crippen LogP contribution in [0.1, 0.15) is 33.3 Å². The Morgan fingerprint density at radius 1 is 1.38 bits per heavy atom. The number of carbonyl (C=O) groups is 2. The molecule has 0 aliphatic carbocycles. The number of nitrogens with zero attached hydrogens (tertiary/aromatic N) is 2. The smallest absolute Gasteiger partial charge is 0.226 e. The molecule has 1 atom stereocenters. The average molecular weight is 390 g/mol. The van der Waals surface area contributed by atoms with E-state index in [9.17, 15) is 14.0 Å². The number of halogens is 2. The van der Waals surface area contributed by atoms with Crippen molar-refractivity contribution < 1.29 is 14.0 Å². The van der Waals surface area contributed by atoms with Gasteiger partial charge in [-0.2, -0.15) is 5.10 Å². The molecule has 0 saturated heterocycles. The van der Waals surface area contributed by atoms with E-state index in [0.29, 0.717) is 32.0 Å². The van der Waals surface area contributed by atoms with Crippen LogP contribution in [0.4, 0.5) is 10.2 Å². The predicted octanol–water partition coefficient (Wildman–Crippen LogP) is 4.34. The SMILES string of the molecule is Cc1nn(-c2cccc(F)c2)c2c1C(C(=O)c1ccc(Cl)s1)CC(=O)N2. The molecule has 26 heavy (non-hydrogen) atoms. The fraction of sp³-hybridized carbons (Fsp3) is 0.167. The van der Waals surface area contributed by atoms with E-state index in [2.05, 4.69) is 10.4 Å². The molecule has 8 heteroatoms. The molecule has 3 heterocycles. The van der Waals surface area contributed by atoms with Crippen molar-refractivity contribution in [2.45, 2.75) is 19.3 Å². The summed E-state index contributed by atoms with van der Waals surface area (Å²) in [7, 11) is 0. The van der Waals surface area contributed by atoms with Crippen molar-refractivity contribution in [2.75, 3.05) is 5.32 Å². The second-order valence-electron chi connectivity index (χ2n) is 6.01. The number of benzene rings is 1. The van der Waals surface area contributed by atoms with Gasteiger partial charge < -0.3 is 5.32 Å². The first-order chi connectivity index (χ1) is 12.4. The molecule has 2 aromatic heterocycles. The second-order valence-corrected chi connectivity index (χ2v) is 7.73. The highest BCUT2D eigenvalue weighted by Crippen LogP contribution is 2.39. The topological polar surface area (TPSA) is 64.0 Å². The van der Waals surface area contributed by atoms with Gasteiger partial charge in [0.1, 0.15) is 11.6 Å². The largest absolute Gasteiger partial charge is 0.310 e. The first-order valence-electron chi connectivity index (χ1n) is 7.89. The van der Waals surface area contributed by atoms with Crippen LogP contribution < -0.4 is 5.32 Å². The van der Waals surface area contributed by atoms with Crippen molar-refractivity contribution in [2.24, 2.45) is 0 Å². The number of anilines is 1. The van der Waals surface area contributed by atoms with E-state index in [4.69, 9.17) is 11.6 Å². The third-order valence-electron chi connectivity index (χ3n) is 4.29. The summed E-state index contributed by atoms with van der Waals surface area (Å²) in [4.78, 5) is 25.7. The van der Waals surface area contributed by atoms with E-state index >= 15 is 0 Å². The summed E-state index contributed by atoms with van der Waals surface area (Å²) in [6.45, 7) is 1.77. The predicted molar refractivity (Wildman–Crippen MR) is 97.9 cm³/mol. The minimum atomic E-state index is -0.643. The highest BCUT2D eigenvalue weighted by atomic mass is 35.5. The van der Waals surface area contributed by atoms with E-state index in [1.165, 1.54) is 28.2 Å². The number of hydrogen-bond donors (Lipinski definition) is 1. The van der Waals surface area contributed by atoms with Gasteiger partial charge in [-0.05, 0) is 37.3 Å². The zero-order valence-electron chi connectivity index (χ0n) is 13.6. The molecule has 0 radical (unpaired) electrons. The summed E-state index contributed by atoms with van der Waals surface area (Å²) in [5, 5.41) is 7.20. The van der Waals surface area contributed by atoms with E-state index < -0.39 is 11.7 Å². The summed E-state index contributed by atoms with van der Waals surface area (Å²) in [5.74, 6) is -1.09. The van der Waals surface area contributed by atoms with Crippen LogP contribution in [0.25, 0.3) is 5.69 Å². The van der Waals surface area contributed by atoms with Gasteiger partial charge in [-0.1, -0.05) is 17.7 Å². The van der Waals surface area contributed by atoms with Crippen molar-refractivity contribution in [3.05, 3.63) is 62.7 Å². The van der Waals surface area contributed by atoms with E-state index in [1.807, 2.05) is 0 Å². The molecule has 1 N–H and O–H groups in total. The normalized spacial score (nSPS) is 16.3. The highest BCUT2D eigenvalue weighted by Gasteiger charge is 2.36. The number of fused-ring (bicyclic) bond motifs is 1. The average Bonchev–Trinajstić information content (AvgIpc) is 3.17. The molecule has 3 aromatic rings. The standard InChI is InChI=1S/C18H13ClFN3O2S/c1-9-16-12(17(25)13-5-6-14(19)26-13)8-15(24)21-18(16)23(22-9)11-4-2-3-10(20)7-11/h2-7,12H,8H2,1H3,(H,21,24). The third-order valence-corrected chi connectivity index (χ3v) is 5.53. The van der Waals surface area contributed by atoms with Gasteiger partial charge >= 0.3 is 0 Å². The van der Waals surface area contributed by atoms with Crippen LogP contribution in [0.2, 0.25) is 4.34 Å². The number of rotatable bonds is 3. The molecule has 5 nitrogen and oxygen atoms in total. The number of carbonyl (C=O) groups excluding carboxylic acids is 2. The van der Waals surface area contributed by atoms with E-state index in [-0.39, 0.29) is 18.1 Å². The number of hydrogen-bond acceptors (Lipinski definition) is 4. The first-order valence-corrected chi connectivity index (χ1v) is 9.08. The minimum absolute atomic E-state index is 0.0387. The fourth-order valence-corrected chi connectivity index (χ4v) is 4.22. The Hall–Kier alpha value is -2.51. The van der Waals surface area contributed by atoms with Crippen LogP contribution in [0.5, 0.6) is 0 Å². The lowest BCUT2D eigenvalue weighted by atomic mass is 9.87. The maximum absolute atomic E-state index is 13.6. The van der Waals surface area contributed by atoms with Gasteiger partial charge in [0.25, 0.3) is 0 Å². The van der Waals surface area contributed by atoms with E-state index in [0.717, 1.165) is 0 Å². The Morgan fingerprint density at radius 2 is 2.19 bits per heavy atom. The first kappa shape index (κ1) is 16.9. The quantitative estimate of drug-likeness (QED) is 0.677. The number of thiophene rings is 1. The van der Waals surface area contributed by atoms with Gasteiger partial charge in [0.2, 0.25) is 5.91 Å². The molecule has 1 unspecified atom stereocenters. The van der Waals surface area contributed by atoms with Crippen LogP contribution >= 0.6 is 22.9 Å². The molecular formula is C18H13ClFN3O2S. The van der Waals surface area contributed by atoms with E-state index in [1.54, 1.807) is 31.2 Å². The van der Waals surface area contributed by atoms with Gasteiger partial charge in [-0.15, -0.1) is 11.3 Å². The van der Waals surface area contributed by atoms with Crippen molar-refractivity contribution in [1.82, 2.24) is 9.78 Å². The lowest BCUT2D eigenvalue weighted by molar-refractivity contribution is -0.116. The lowest BCUT2D eigenvalue weighted by Gasteiger charge is -2.22. The summed E-state index contributed by atoms with van der Waals surface area (Å²) in [5.41, 5.74) is 1.75. The Labute approximate surface area is 157 Å². The molecule has 1 aliphatic heterocycles. The van der Waals surface area contributed by atoms with Crippen molar-refractivity contribution in [1.29, 1.82) is 0 Å². The van der Waals surface area contributed by atoms with Gasteiger partial charge in [0, 0.05) is 12.0 Å². The number of Topliss-reactive ketones (excluding diaryl/α,β-unsaturated/α-hetero) is 1. The minimum Gasteiger partial charge on any atom is -0.310 e. The zero-order chi connectivity index (χ0) is 18.4. The van der Waals surface area contributed by atoms with Gasteiger partial charge in [-0.25, -0.2) is 9.07 Å². The van der Waals surface area contributed by atoms with Crippen LogP contribution in [-0.4, -0.2) is 21.5 Å². The molecule has 4 rings (SSSR count). The molecule has 1 aromatic carbocycles. The van der Waals surface area contributed by atoms with Crippen molar-refractivity contribution in [3.63, 3.8) is 0 Å². The maximum Gasteiger partial charge on any atom is 0.226 e. The number of ketones is 1. The highest BCUT2D eigenvalue weighted by molar-refractivity contribution is 7.18. The number of aromatic nitrogens is 2.